The Kier molecular flexibility index (Phi) is 5.65. The molecule has 2 heterocycles. The molecule has 156 valence electrons. The van der Waals surface area contributed by atoms with Crippen LogP contribution in [0.1, 0.15) is 35.3 Å². The number of carbonyl (C=O) groups is 1. The smallest absolute Gasteiger partial charge is 0.358 e. The first kappa shape index (κ1) is 20.3. The number of halogens is 1. The van der Waals surface area contributed by atoms with Gasteiger partial charge in [-0.3, -0.25) is 4.90 Å². The van der Waals surface area contributed by atoms with E-state index in [0.29, 0.717) is 5.56 Å². The number of phenolic OH excluding ortho intramolecular Hbond substituents is 2. The van der Waals surface area contributed by atoms with E-state index < -0.39 is 5.97 Å². The average molecular weight is 429 g/mol. The van der Waals surface area contributed by atoms with Crippen LogP contribution in [0.5, 0.6) is 11.5 Å². The van der Waals surface area contributed by atoms with Crippen molar-refractivity contribution < 1.29 is 24.6 Å². The van der Waals surface area contributed by atoms with Crippen molar-refractivity contribution in [2.45, 2.75) is 25.8 Å². The van der Waals surface area contributed by atoms with Gasteiger partial charge in [-0.05, 0) is 43.1 Å². The molecule has 0 amide bonds. The molecule has 0 saturated carbocycles. The second kappa shape index (κ2) is 8.38. The first-order chi connectivity index (χ1) is 14.4. The highest BCUT2D eigenvalue weighted by atomic mass is 35.5. The molecule has 0 atom stereocenters. The SMILES string of the molecule is O=C(O)c1noc(-c2cc(Cl)c(O)cc2O)c1-c1ccc(CN2CCCCC2)cc1. The highest BCUT2D eigenvalue weighted by molar-refractivity contribution is 6.32. The maximum Gasteiger partial charge on any atom is 0.358 e. The summed E-state index contributed by atoms with van der Waals surface area (Å²) in [5, 5.41) is 33.2. The molecule has 1 aromatic heterocycles. The molecule has 1 saturated heterocycles. The van der Waals surface area contributed by atoms with Gasteiger partial charge in [0, 0.05) is 12.6 Å². The molecular weight excluding hydrogens is 408 g/mol. The third-order valence-corrected chi connectivity index (χ3v) is 5.60. The van der Waals surface area contributed by atoms with Gasteiger partial charge >= 0.3 is 5.97 Å². The third kappa shape index (κ3) is 3.99. The van der Waals surface area contributed by atoms with Crippen LogP contribution in [0, 0.1) is 0 Å². The second-order valence-corrected chi connectivity index (χ2v) is 7.80. The normalized spacial score (nSPS) is 14.7. The number of nitrogens with zero attached hydrogens (tertiary/aromatic N) is 2. The Bertz CT molecular complexity index is 1070. The number of likely N-dealkylation sites (tertiary alicyclic amines) is 1. The molecule has 3 aromatic rings. The largest absolute Gasteiger partial charge is 0.507 e. The summed E-state index contributed by atoms with van der Waals surface area (Å²) in [7, 11) is 0. The zero-order valence-electron chi connectivity index (χ0n) is 16.1. The third-order valence-electron chi connectivity index (χ3n) is 5.30. The summed E-state index contributed by atoms with van der Waals surface area (Å²) in [6.07, 6.45) is 3.70. The van der Waals surface area contributed by atoms with E-state index in [-0.39, 0.29) is 39.1 Å². The lowest BCUT2D eigenvalue weighted by Crippen LogP contribution is -2.28. The van der Waals surface area contributed by atoms with Crippen LogP contribution in [0.25, 0.3) is 22.5 Å². The molecule has 3 N–H and O–H groups in total. The van der Waals surface area contributed by atoms with Crippen molar-refractivity contribution in [3.63, 3.8) is 0 Å². The fourth-order valence-corrected chi connectivity index (χ4v) is 3.94. The van der Waals surface area contributed by atoms with Crippen LogP contribution in [0.3, 0.4) is 0 Å². The van der Waals surface area contributed by atoms with Crippen molar-refractivity contribution in [3.8, 4) is 33.9 Å². The Morgan fingerprint density at radius 2 is 1.77 bits per heavy atom. The van der Waals surface area contributed by atoms with Crippen molar-refractivity contribution in [1.82, 2.24) is 10.1 Å². The second-order valence-electron chi connectivity index (χ2n) is 7.39. The Balaban J connectivity index is 1.72. The van der Waals surface area contributed by atoms with Gasteiger partial charge in [0.15, 0.2) is 11.5 Å². The summed E-state index contributed by atoms with van der Waals surface area (Å²) in [6.45, 7) is 3.01. The van der Waals surface area contributed by atoms with E-state index in [0.717, 1.165) is 31.3 Å². The quantitative estimate of drug-likeness (QED) is 0.537. The fourth-order valence-electron chi connectivity index (χ4n) is 3.77. The Labute approximate surface area is 178 Å². The van der Waals surface area contributed by atoms with Crippen molar-refractivity contribution in [2.24, 2.45) is 0 Å². The van der Waals surface area contributed by atoms with E-state index in [1.165, 1.54) is 25.3 Å². The molecule has 8 heteroatoms. The zero-order valence-corrected chi connectivity index (χ0v) is 16.9. The molecule has 1 aliphatic rings. The summed E-state index contributed by atoms with van der Waals surface area (Å²) in [6, 6.07) is 9.94. The van der Waals surface area contributed by atoms with Gasteiger partial charge in [-0.1, -0.05) is 47.4 Å². The maximum absolute atomic E-state index is 11.7. The zero-order chi connectivity index (χ0) is 21.3. The first-order valence-electron chi connectivity index (χ1n) is 9.70. The molecule has 0 aliphatic carbocycles. The highest BCUT2D eigenvalue weighted by Gasteiger charge is 2.26. The van der Waals surface area contributed by atoms with Crippen LogP contribution in [0.15, 0.2) is 40.9 Å². The van der Waals surface area contributed by atoms with E-state index in [9.17, 15) is 20.1 Å². The standard InChI is InChI=1S/C22H21ClN2O5/c23-16-10-15(17(26)11-18(16)27)21-19(20(22(28)29)24-30-21)14-6-4-13(5-7-14)12-25-8-2-1-3-9-25/h4-7,10-11,26-27H,1-3,8-9,12H2,(H,28,29). The van der Waals surface area contributed by atoms with Crippen molar-refractivity contribution in [3.05, 3.63) is 52.7 Å². The molecule has 2 aromatic carbocycles. The molecule has 0 spiro atoms. The van der Waals surface area contributed by atoms with Gasteiger partial charge in [0.1, 0.15) is 11.5 Å². The van der Waals surface area contributed by atoms with Crippen LogP contribution in [0.4, 0.5) is 0 Å². The highest BCUT2D eigenvalue weighted by Crippen LogP contribution is 2.42. The minimum atomic E-state index is -1.25. The molecule has 30 heavy (non-hydrogen) atoms. The summed E-state index contributed by atoms with van der Waals surface area (Å²) < 4.78 is 5.29. The van der Waals surface area contributed by atoms with Crippen LogP contribution in [0.2, 0.25) is 5.02 Å². The number of carboxylic acid groups (broad SMARTS) is 1. The van der Waals surface area contributed by atoms with Crippen molar-refractivity contribution in [2.75, 3.05) is 13.1 Å². The topological polar surface area (TPSA) is 107 Å². The number of phenols is 2. The summed E-state index contributed by atoms with van der Waals surface area (Å²) in [5.41, 5.74) is 1.84. The Morgan fingerprint density at radius 1 is 1.07 bits per heavy atom. The molecule has 1 fully saturated rings. The van der Waals surface area contributed by atoms with Crippen LogP contribution in [-0.4, -0.2) is 44.4 Å². The summed E-state index contributed by atoms with van der Waals surface area (Å²) in [5.74, 6) is -1.77. The lowest BCUT2D eigenvalue weighted by Gasteiger charge is -2.26. The molecule has 0 unspecified atom stereocenters. The lowest BCUT2D eigenvalue weighted by molar-refractivity contribution is 0.0686. The number of benzene rings is 2. The molecule has 4 rings (SSSR count). The number of aromatic nitrogens is 1. The van der Waals surface area contributed by atoms with Gasteiger partial charge in [-0.25, -0.2) is 4.79 Å². The fraction of sp³-hybridized carbons (Fsp3) is 0.273. The van der Waals surface area contributed by atoms with Crippen LogP contribution < -0.4 is 0 Å². The van der Waals surface area contributed by atoms with Crippen LogP contribution >= 0.6 is 11.6 Å². The minimum absolute atomic E-state index is 0.00101. The van der Waals surface area contributed by atoms with E-state index in [4.69, 9.17) is 16.1 Å². The van der Waals surface area contributed by atoms with E-state index in [1.807, 2.05) is 24.3 Å². The van der Waals surface area contributed by atoms with Crippen molar-refractivity contribution in [1.29, 1.82) is 0 Å². The molecule has 1 aliphatic heterocycles. The number of carboxylic acids is 1. The lowest BCUT2D eigenvalue weighted by atomic mass is 9.97. The Morgan fingerprint density at radius 3 is 2.43 bits per heavy atom. The number of rotatable bonds is 5. The average Bonchev–Trinajstić information content (AvgIpc) is 3.17. The predicted octanol–water partition coefficient (Wildman–Crippen LogP) is 4.76. The van der Waals surface area contributed by atoms with Gasteiger partial charge < -0.3 is 19.8 Å². The molecule has 7 nitrogen and oxygen atoms in total. The van der Waals surface area contributed by atoms with Gasteiger partial charge in [-0.2, -0.15) is 0 Å². The number of aromatic hydroxyl groups is 2. The summed E-state index contributed by atoms with van der Waals surface area (Å²) >= 11 is 5.97. The first-order valence-corrected chi connectivity index (χ1v) is 10.1. The molecule has 0 radical (unpaired) electrons. The van der Waals surface area contributed by atoms with E-state index in [2.05, 4.69) is 10.1 Å². The van der Waals surface area contributed by atoms with Gasteiger partial charge in [0.05, 0.1) is 16.1 Å². The monoisotopic (exact) mass is 428 g/mol. The number of piperidine rings is 1. The van der Waals surface area contributed by atoms with E-state index in [1.54, 1.807) is 0 Å². The predicted molar refractivity (Wildman–Crippen MR) is 112 cm³/mol. The van der Waals surface area contributed by atoms with E-state index >= 15 is 0 Å². The number of aromatic carboxylic acids is 1. The van der Waals surface area contributed by atoms with Gasteiger partial charge in [-0.15, -0.1) is 0 Å². The maximum atomic E-state index is 11.7. The molecule has 0 bridgehead atoms. The Hall–Kier alpha value is -3.03. The molecular formula is C22H21ClN2O5. The number of hydrogen-bond donors (Lipinski definition) is 3. The number of hydrogen-bond acceptors (Lipinski definition) is 6. The summed E-state index contributed by atoms with van der Waals surface area (Å²) in [4.78, 5) is 14.1. The van der Waals surface area contributed by atoms with Crippen molar-refractivity contribution >= 4 is 17.6 Å². The minimum Gasteiger partial charge on any atom is -0.507 e. The van der Waals surface area contributed by atoms with Gasteiger partial charge in [0.2, 0.25) is 0 Å². The van der Waals surface area contributed by atoms with Crippen LogP contribution in [-0.2, 0) is 6.54 Å². The van der Waals surface area contributed by atoms with Gasteiger partial charge in [0.25, 0.3) is 0 Å².